The predicted octanol–water partition coefficient (Wildman–Crippen LogP) is 4.55. The first kappa shape index (κ1) is 13.4. The Morgan fingerprint density at radius 1 is 1.19 bits per heavy atom. The van der Waals surface area contributed by atoms with Crippen LogP contribution in [0, 0.1) is 17.0 Å². The summed E-state index contributed by atoms with van der Waals surface area (Å²) < 4.78 is 26.3. The average Bonchev–Trinajstić information content (AvgIpc) is 2.29. The van der Waals surface area contributed by atoms with E-state index in [1.54, 1.807) is 0 Å². The molecule has 0 saturated heterocycles. The highest BCUT2D eigenvalue weighted by atomic mass is 35.5. The average molecular weight is 247 g/mol. The summed E-state index contributed by atoms with van der Waals surface area (Å²) in [7, 11) is 0. The Balaban J connectivity index is 2.93. The Morgan fingerprint density at radius 2 is 1.81 bits per heavy atom. The fourth-order valence-corrected chi connectivity index (χ4v) is 2.28. The summed E-state index contributed by atoms with van der Waals surface area (Å²) in [6.45, 7) is 4.10. The fraction of sp³-hybridized carbons (Fsp3) is 0.538. The Kier molecular flexibility index (Phi) is 4.72. The van der Waals surface area contributed by atoms with Crippen molar-refractivity contribution in [2.24, 2.45) is 5.41 Å². The van der Waals surface area contributed by atoms with Crippen LogP contribution in [0.25, 0.3) is 0 Å². The van der Waals surface area contributed by atoms with Gasteiger partial charge in [-0.25, -0.2) is 8.78 Å². The van der Waals surface area contributed by atoms with Gasteiger partial charge in [-0.1, -0.05) is 19.9 Å². The highest BCUT2D eigenvalue weighted by Crippen LogP contribution is 2.33. The van der Waals surface area contributed by atoms with E-state index in [0.717, 1.165) is 18.9 Å². The Hall–Kier alpha value is -0.630. The van der Waals surface area contributed by atoms with Crippen molar-refractivity contribution in [2.45, 2.75) is 33.1 Å². The molecular formula is C13H17ClF2. The van der Waals surface area contributed by atoms with Gasteiger partial charge in [-0.05, 0) is 36.3 Å². The summed E-state index contributed by atoms with van der Waals surface area (Å²) in [5.41, 5.74) is 0.464. The number of halogens is 3. The van der Waals surface area contributed by atoms with E-state index in [2.05, 4.69) is 0 Å². The minimum absolute atomic E-state index is 0.0831. The van der Waals surface area contributed by atoms with Gasteiger partial charge >= 0.3 is 0 Å². The highest BCUT2D eigenvalue weighted by molar-refractivity contribution is 6.18. The molecule has 3 heteroatoms. The lowest BCUT2D eigenvalue weighted by molar-refractivity contribution is 0.297. The van der Waals surface area contributed by atoms with Crippen molar-refractivity contribution in [3.63, 3.8) is 0 Å². The van der Waals surface area contributed by atoms with Crippen LogP contribution in [0.1, 0.15) is 32.3 Å². The third kappa shape index (κ3) is 2.94. The smallest absolute Gasteiger partial charge is 0.129 e. The molecule has 0 radical (unpaired) electrons. The summed E-state index contributed by atoms with van der Waals surface area (Å²) in [6.07, 6.45) is 2.35. The maximum atomic E-state index is 13.5. The molecule has 0 aromatic heterocycles. The van der Waals surface area contributed by atoms with Crippen LogP contribution in [-0.4, -0.2) is 5.88 Å². The van der Waals surface area contributed by atoms with Crippen LogP contribution in [0.5, 0.6) is 0 Å². The molecule has 0 amide bonds. The lowest BCUT2D eigenvalue weighted by Crippen LogP contribution is -2.24. The van der Waals surface area contributed by atoms with Crippen LogP contribution in [0.15, 0.2) is 18.2 Å². The van der Waals surface area contributed by atoms with Crippen molar-refractivity contribution in [2.75, 3.05) is 5.88 Å². The van der Waals surface area contributed by atoms with Crippen LogP contribution in [-0.2, 0) is 6.42 Å². The van der Waals surface area contributed by atoms with E-state index in [1.807, 2.05) is 13.8 Å². The number of rotatable bonds is 5. The van der Waals surface area contributed by atoms with Gasteiger partial charge in [0.25, 0.3) is 0 Å². The molecule has 0 fully saturated rings. The molecule has 16 heavy (non-hydrogen) atoms. The third-order valence-electron chi connectivity index (χ3n) is 3.36. The van der Waals surface area contributed by atoms with Crippen LogP contribution in [0.3, 0.4) is 0 Å². The molecule has 0 saturated carbocycles. The van der Waals surface area contributed by atoms with Crippen LogP contribution >= 0.6 is 11.6 Å². The Morgan fingerprint density at radius 3 is 2.25 bits per heavy atom. The third-order valence-corrected chi connectivity index (χ3v) is 3.93. The van der Waals surface area contributed by atoms with Gasteiger partial charge in [0.2, 0.25) is 0 Å². The minimum Gasteiger partial charge on any atom is -0.207 e. The molecule has 1 aromatic rings. The number of benzene rings is 1. The van der Waals surface area contributed by atoms with Crippen molar-refractivity contribution < 1.29 is 8.78 Å². The molecule has 0 heterocycles. The second-order valence-corrected chi connectivity index (χ2v) is 4.52. The van der Waals surface area contributed by atoms with Crippen molar-refractivity contribution >= 4 is 11.6 Å². The normalized spacial score (nSPS) is 11.8. The predicted molar refractivity (Wildman–Crippen MR) is 63.8 cm³/mol. The molecule has 0 aliphatic rings. The van der Waals surface area contributed by atoms with Gasteiger partial charge in [0.15, 0.2) is 0 Å². The van der Waals surface area contributed by atoms with Gasteiger partial charge in [0, 0.05) is 11.9 Å². The Bertz CT molecular complexity index is 338. The van der Waals surface area contributed by atoms with Crippen LogP contribution in [0.2, 0.25) is 0 Å². The van der Waals surface area contributed by atoms with Crippen molar-refractivity contribution in [3.8, 4) is 0 Å². The highest BCUT2D eigenvalue weighted by Gasteiger charge is 2.26. The second kappa shape index (κ2) is 5.62. The zero-order valence-corrected chi connectivity index (χ0v) is 10.5. The molecule has 0 atom stereocenters. The molecule has 0 aliphatic carbocycles. The summed E-state index contributed by atoms with van der Waals surface area (Å²) in [5.74, 6) is -0.515. The van der Waals surface area contributed by atoms with Gasteiger partial charge in [-0.2, -0.15) is 0 Å². The molecule has 0 spiro atoms. The maximum absolute atomic E-state index is 13.5. The molecule has 0 bridgehead atoms. The molecule has 0 aliphatic heterocycles. The maximum Gasteiger partial charge on any atom is 0.129 e. The molecule has 0 unspecified atom stereocenters. The quantitative estimate of drug-likeness (QED) is 0.669. The SMILES string of the molecule is CCC(CC)(CCl)Cc1ccc(F)cc1F. The van der Waals surface area contributed by atoms with E-state index in [1.165, 1.54) is 12.1 Å². The van der Waals surface area contributed by atoms with E-state index < -0.39 is 11.6 Å². The monoisotopic (exact) mass is 246 g/mol. The van der Waals surface area contributed by atoms with Crippen molar-refractivity contribution in [1.82, 2.24) is 0 Å². The van der Waals surface area contributed by atoms with Gasteiger partial charge in [-0.15, -0.1) is 11.6 Å². The molecular weight excluding hydrogens is 230 g/mol. The fourth-order valence-electron chi connectivity index (χ4n) is 1.81. The topological polar surface area (TPSA) is 0 Å². The number of hydrogen-bond acceptors (Lipinski definition) is 0. The first-order chi connectivity index (χ1) is 7.56. The first-order valence-electron chi connectivity index (χ1n) is 5.57. The van der Waals surface area contributed by atoms with E-state index in [9.17, 15) is 8.78 Å². The summed E-state index contributed by atoms with van der Waals surface area (Å²) in [5, 5.41) is 0. The summed E-state index contributed by atoms with van der Waals surface area (Å²) in [6, 6.07) is 3.74. The van der Waals surface area contributed by atoms with Crippen LogP contribution < -0.4 is 0 Å². The van der Waals surface area contributed by atoms with Crippen molar-refractivity contribution in [1.29, 1.82) is 0 Å². The van der Waals surface area contributed by atoms with Gasteiger partial charge in [0.05, 0.1) is 0 Å². The first-order valence-corrected chi connectivity index (χ1v) is 6.10. The van der Waals surface area contributed by atoms with Gasteiger partial charge in [-0.3, -0.25) is 0 Å². The lowest BCUT2D eigenvalue weighted by atomic mass is 9.78. The molecule has 90 valence electrons. The van der Waals surface area contributed by atoms with Crippen LogP contribution in [0.4, 0.5) is 8.78 Å². The van der Waals surface area contributed by atoms with Gasteiger partial charge < -0.3 is 0 Å². The Labute approximate surface area is 101 Å². The minimum atomic E-state index is -0.536. The van der Waals surface area contributed by atoms with E-state index in [-0.39, 0.29) is 5.41 Å². The number of alkyl halides is 1. The molecule has 1 rings (SSSR count). The molecule has 0 N–H and O–H groups in total. The number of hydrogen-bond donors (Lipinski definition) is 0. The molecule has 0 nitrogen and oxygen atoms in total. The second-order valence-electron chi connectivity index (χ2n) is 4.25. The summed E-state index contributed by atoms with van der Waals surface area (Å²) in [4.78, 5) is 0. The lowest BCUT2D eigenvalue weighted by Gasteiger charge is -2.29. The van der Waals surface area contributed by atoms with E-state index >= 15 is 0 Å². The molecule has 1 aromatic carbocycles. The summed E-state index contributed by atoms with van der Waals surface area (Å²) >= 11 is 5.96. The zero-order valence-electron chi connectivity index (χ0n) is 9.69. The van der Waals surface area contributed by atoms with E-state index in [4.69, 9.17) is 11.6 Å². The largest absolute Gasteiger partial charge is 0.207 e. The standard InChI is InChI=1S/C13H17ClF2/c1-3-13(4-2,9-14)8-10-5-6-11(15)7-12(10)16/h5-7H,3-4,8-9H2,1-2H3. The van der Waals surface area contributed by atoms with E-state index in [0.29, 0.717) is 17.9 Å². The van der Waals surface area contributed by atoms with Gasteiger partial charge in [0.1, 0.15) is 11.6 Å². The zero-order chi connectivity index (χ0) is 12.2. The van der Waals surface area contributed by atoms with Crippen molar-refractivity contribution in [3.05, 3.63) is 35.4 Å².